The Hall–Kier alpha value is -2.54. The van der Waals surface area contributed by atoms with Gasteiger partial charge in [0.2, 0.25) is 0 Å². The normalized spacial score (nSPS) is 15.9. The summed E-state index contributed by atoms with van der Waals surface area (Å²) in [5, 5.41) is 11.2. The van der Waals surface area contributed by atoms with Crippen LogP contribution in [0.4, 0.5) is 0 Å². The van der Waals surface area contributed by atoms with Crippen LogP contribution < -0.4 is 15.4 Å². The SMILES string of the molecule is CCc1noc(CC)c1CNC(=NC)NCC(c1cccc(OC)c1)N1CCCC1. The van der Waals surface area contributed by atoms with E-state index in [1.165, 1.54) is 18.4 Å². The van der Waals surface area contributed by atoms with Gasteiger partial charge in [-0.15, -0.1) is 0 Å². The number of nitrogens with zero attached hydrogens (tertiary/aromatic N) is 3. The lowest BCUT2D eigenvalue weighted by molar-refractivity contribution is 0.245. The molecule has 3 rings (SSSR count). The van der Waals surface area contributed by atoms with E-state index in [-0.39, 0.29) is 6.04 Å². The Kier molecular flexibility index (Phi) is 8.13. The van der Waals surface area contributed by atoms with Gasteiger partial charge >= 0.3 is 0 Å². The maximum absolute atomic E-state index is 5.48. The molecule has 1 aromatic heterocycles. The first-order valence-electron chi connectivity index (χ1n) is 11.0. The number of aryl methyl sites for hydroxylation is 2. The molecule has 0 saturated carbocycles. The lowest BCUT2D eigenvalue weighted by Gasteiger charge is -2.29. The summed E-state index contributed by atoms with van der Waals surface area (Å²) >= 11 is 0. The molecule has 1 aliphatic rings. The number of ether oxygens (including phenoxy) is 1. The van der Waals surface area contributed by atoms with Crippen molar-refractivity contribution in [2.45, 2.75) is 52.1 Å². The zero-order chi connectivity index (χ0) is 21.3. The van der Waals surface area contributed by atoms with Gasteiger partial charge in [0, 0.05) is 32.1 Å². The number of guanidine groups is 1. The molecule has 0 amide bonds. The smallest absolute Gasteiger partial charge is 0.191 e. The summed E-state index contributed by atoms with van der Waals surface area (Å²) < 4.78 is 10.9. The van der Waals surface area contributed by atoms with Crippen molar-refractivity contribution in [2.24, 2.45) is 4.99 Å². The molecule has 7 nitrogen and oxygen atoms in total. The molecular weight excluding hydrogens is 378 g/mol. The van der Waals surface area contributed by atoms with E-state index in [1.807, 2.05) is 6.07 Å². The molecule has 2 heterocycles. The predicted octanol–water partition coefficient (Wildman–Crippen LogP) is 3.31. The highest BCUT2D eigenvalue weighted by atomic mass is 16.5. The van der Waals surface area contributed by atoms with Gasteiger partial charge < -0.3 is 19.9 Å². The van der Waals surface area contributed by atoms with Gasteiger partial charge in [0.05, 0.1) is 18.8 Å². The van der Waals surface area contributed by atoms with Crippen LogP contribution in [-0.2, 0) is 19.4 Å². The summed E-state index contributed by atoms with van der Waals surface area (Å²) in [6.45, 7) is 7.86. The number of hydrogen-bond donors (Lipinski definition) is 2. The number of aromatic nitrogens is 1. The Bertz CT molecular complexity index is 805. The molecule has 30 heavy (non-hydrogen) atoms. The highest BCUT2D eigenvalue weighted by molar-refractivity contribution is 5.79. The first kappa shape index (κ1) is 22.2. The van der Waals surface area contributed by atoms with Crippen LogP contribution in [0.2, 0.25) is 0 Å². The van der Waals surface area contributed by atoms with Gasteiger partial charge in [-0.3, -0.25) is 9.89 Å². The number of rotatable bonds is 9. The molecule has 0 spiro atoms. The van der Waals surface area contributed by atoms with Gasteiger partial charge in [-0.2, -0.15) is 0 Å². The van der Waals surface area contributed by atoms with E-state index in [0.29, 0.717) is 6.54 Å². The Morgan fingerprint density at radius 2 is 2.03 bits per heavy atom. The monoisotopic (exact) mass is 413 g/mol. The van der Waals surface area contributed by atoms with Crippen LogP contribution in [-0.4, -0.2) is 49.8 Å². The summed E-state index contributed by atoms with van der Waals surface area (Å²) in [4.78, 5) is 6.97. The van der Waals surface area contributed by atoms with E-state index < -0.39 is 0 Å². The van der Waals surface area contributed by atoms with Crippen LogP contribution in [0.3, 0.4) is 0 Å². The molecule has 2 N–H and O–H groups in total. The first-order chi connectivity index (χ1) is 14.7. The van der Waals surface area contributed by atoms with Gasteiger partial charge in [0.1, 0.15) is 11.5 Å². The molecule has 164 valence electrons. The molecule has 1 saturated heterocycles. The van der Waals surface area contributed by atoms with Crippen molar-refractivity contribution in [1.29, 1.82) is 0 Å². The third-order valence-corrected chi connectivity index (χ3v) is 5.79. The van der Waals surface area contributed by atoms with E-state index in [0.717, 1.165) is 61.2 Å². The van der Waals surface area contributed by atoms with Crippen LogP contribution in [0.25, 0.3) is 0 Å². The fourth-order valence-corrected chi connectivity index (χ4v) is 4.08. The summed E-state index contributed by atoms with van der Waals surface area (Å²) in [5.74, 6) is 2.62. The minimum Gasteiger partial charge on any atom is -0.497 e. The summed E-state index contributed by atoms with van der Waals surface area (Å²) in [6.07, 6.45) is 4.20. The summed E-state index contributed by atoms with van der Waals surface area (Å²) in [6, 6.07) is 8.65. The summed E-state index contributed by atoms with van der Waals surface area (Å²) in [5.41, 5.74) is 3.42. The summed E-state index contributed by atoms with van der Waals surface area (Å²) in [7, 11) is 3.52. The average Bonchev–Trinajstić information content (AvgIpc) is 3.45. The molecular formula is C23H35N5O2. The Morgan fingerprint density at radius 1 is 1.23 bits per heavy atom. The van der Waals surface area contributed by atoms with Crippen molar-refractivity contribution < 1.29 is 9.26 Å². The van der Waals surface area contributed by atoms with Crippen molar-refractivity contribution in [1.82, 2.24) is 20.7 Å². The number of likely N-dealkylation sites (tertiary alicyclic amines) is 1. The third kappa shape index (κ3) is 5.33. The molecule has 0 aliphatic carbocycles. The zero-order valence-electron chi connectivity index (χ0n) is 18.7. The maximum atomic E-state index is 5.48. The second-order valence-electron chi connectivity index (χ2n) is 7.58. The van der Waals surface area contributed by atoms with Crippen LogP contribution in [0.1, 0.15) is 55.3 Å². The van der Waals surface area contributed by atoms with Crippen molar-refractivity contribution in [2.75, 3.05) is 33.8 Å². The lowest BCUT2D eigenvalue weighted by atomic mass is 10.1. The van der Waals surface area contributed by atoms with Crippen LogP contribution in [0.5, 0.6) is 5.75 Å². The highest BCUT2D eigenvalue weighted by Crippen LogP contribution is 2.27. The molecule has 1 unspecified atom stereocenters. The highest BCUT2D eigenvalue weighted by Gasteiger charge is 2.24. The molecule has 1 fully saturated rings. The second kappa shape index (κ2) is 11.0. The van der Waals surface area contributed by atoms with Gasteiger partial charge in [-0.25, -0.2) is 0 Å². The topological polar surface area (TPSA) is 74.9 Å². The maximum Gasteiger partial charge on any atom is 0.191 e. The molecule has 1 atom stereocenters. The van der Waals surface area contributed by atoms with Crippen LogP contribution in [0, 0.1) is 0 Å². The van der Waals surface area contributed by atoms with Gasteiger partial charge in [0.15, 0.2) is 5.96 Å². The van der Waals surface area contributed by atoms with Gasteiger partial charge in [-0.1, -0.05) is 31.1 Å². The fourth-order valence-electron chi connectivity index (χ4n) is 4.08. The van der Waals surface area contributed by atoms with E-state index >= 15 is 0 Å². The predicted molar refractivity (Wildman–Crippen MR) is 120 cm³/mol. The standard InChI is InChI=1S/C23H35N5O2/c1-5-20-19(22(6-2)30-27-20)15-25-23(24-3)26-16-21(28-12-7-8-13-28)17-10-9-11-18(14-17)29-4/h9-11,14,21H,5-8,12-13,15-16H2,1-4H3,(H2,24,25,26). The second-order valence-corrected chi connectivity index (χ2v) is 7.58. The number of benzene rings is 1. The van der Waals surface area contributed by atoms with Crippen molar-refractivity contribution in [3.63, 3.8) is 0 Å². The third-order valence-electron chi connectivity index (χ3n) is 5.79. The van der Waals surface area contributed by atoms with Crippen molar-refractivity contribution in [3.05, 3.63) is 46.8 Å². The molecule has 1 aliphatic heterocycles. The van der Waals surface area contributed by atoms with E-state index in [4.69, 9.17) is 9.26 Å². The zero-order valence-corrected chi connectivity index (χ0v) is 18.7. The quantitative estimate of drug-likeness (QED) is 0.485. The molecule has 0 bridgehead atoms. The minimum atomic E-state index is 0.272. The van der Waals surface area contributed by atoms with E-state index in [9.17, 15) is 0 Å². The van der Waals surface area contributed by atoms with E-state index in [1.54, 1.807) is 14.2 Å². The Morgan fingerprint density at radius 3 is 2.70 bits per heavy atom. The van der Waals surface area contributed by atoms with Crippen molar-refractivity contribution >= 4 is 5.96 Å². The van der Waals surface area contributed by atoms with Crippen LogP contribution >= 0.6 is 0 Å². The number of hydrogen-bond acceptors (Lipinski definition) is 5. The Balaban J connectivity index is 1.67. The largest absolute Gasteiger partial charge is 0.497 e. The van der Waals surface area contributed by atoms with Gasteiger partial charge in [0.25, 0.3) is 0 Å². The Labute approximate surface area is 179 Å². The molecule has 2 aromatic rings. The van der Waals surface area contributed by atoms with Gasteiger partial charge in [-0.05, 0) is 50.0 Å². The first-order valence-corrected chi connectivity index (χ1v) is 11.0. The average molecular weight is 414 g/mol. The van der Waals surface area contributed by atoms with E-state index in [2.05, 4.69) is 57.7 Å². The number of methoxy groups -OCH3 is 1. The molecule has 7 heteroatoms. The lowest BCUT2D eigenvalue weighted by Crippen LogP contribution is -2.42. The molecule has 0 radical (unpaired) electrons. The number of aliphatic imine (C=N–C) groups is 1. The fraction of sp³-hybridized carbons (Fsp3) is 0.565. The van der Waals surface area contributed by atoms with Crippen molar-refractivity contribution in [3.8, 4) is 5.75 Å². The number of nitrogens with one attached hydrogen (secondary N) is 2. The molecule has 1 aromatic carbocycles. The minimum absolute atomic E-state index is 0.272. The van der Waals surface area contributed by atoms with Crippen LogP contribution in [0.15, 0.2) is 33.8 Å².